The molecule has 1 unspecified atom stereocenters. The molecule has 5 heteroatoms. The molecule has 0 aliphatic heterocycles. The van der Waals surface area contributed by atoms with Gasteiger partial charge in [-0.25, -0.2) is 0 Å². The molecule has 1 atom stereocenters. The van der Waals surface area contributed by atoms with E-state index in [1.54, 1.807) is 6.07 Å². The van der Waals surface area contributed by atoms with Crippen LogP contribution in [0, 0.1) is 0 Å². The van der Waals surface area contributed by atoms with Gasteiger partial charge in [0.1, 0.15) is 6.61 Å². The monoisotopic (exact) mass is 314 g/mol. The van der Waals surface area contributed by atoms with Crippen molar-refractivity contribution >= 4 is 5.91 Å². The molecule has 2 aromatic carbocycles. The van der Waals surface area contributed by atoms with E-state index < -0.39 is 11.9 Å². The van der Waals surface area contributed by atoms with Gasteiger partial charge in [0, 0.05) is 12.5 Å². The number of hydrogen-bond acceptors (Lipinski definition) is 4. The average molecular weight is 314 g/mol. The second-order valence-corrected chi connectivity index (χ2v) is 5.19. The van der Waals surface area contributed by atoms with E-state index in [0.29, 0.717) is 24.7 Å². The molecule has 0 fully saturated rings. The highest BCUT2D eigenvalue weighted by molar-refractivity contribution is 5.74. The lowest BCUT2D eigenvalue weighted by Crippen LogP contribution is -2.20. The normalized spacial score (nSPS) is 11.7. The molecule has 0 aromatic heterocycles. The van der Waals surface area contributed by atoms with Gasteiger partial charge in [0.05, 0.1) is 6.61 Å². The third kappa shape index (κ3) is 5.00. The first-order valence-corrected chi connectivity index (χ1v) is 7.57. The number of benzene rings is 2. The van der Waals surface area contributed by atoms with Crippen LogP contribution in [0.25, 0.3) is 0 Å². The summed E-state index contributed by atoms with van der Waals surface area (Å²) in [5, 5.41) is 0. The molecule has 2 aromatic rings. The maximum atomic E-state index is 11.0. The van der Waals surface area contributed by atoms with Crippen molar-refractivity contribution in [3.63, 3.8) is 0 Å². The lowest BCUT2D eigenvalue weighted by atomic mass is 10.0. The van der Waals surface area contributed by atoms with Gasteiger partial charge in [-0.1, -0.05) is 36.4 Å². The van der Waals surface area contributed by atoms with Crippen molar-refractivity contribution in [2.24, 2.45) is 11.5 Å². The molecule has 5 nitrogen and oxygen atoms in total. The minimum Gasteiger partial charge on any atom is -0.490 e. The quantitative estimate of drug-likeness (QED) is 0.784. The van der Waals surface area contributed by atoms with Crippen molar-refractivity contribution < 1.29 is 14.3 Å². The van der Waals surface area contributed by atoms with Crippen molar-refractivity contribution in [1.29, 1.82) is 0 Å². The number of carbonyl (C=O) groups excluding carboxylic acids is 1. The topological polar surface area (TPSA) is 87.6 Å². The second-order valence-electron chi connectivity index (χ2n) is 5.19. The first kappa shape index (κ1) is 16.8. The fourth-order valence-electron chi connectivity index (χ4n) is 2.21. The minimum atomic E-state index is -0.449. The number of hydrogen-bond donors (Lipinski definition) is 2. The van der Waals surface area contributed by atoms with E-state index in [9.17, 15) is 4.79 Å². The summed E-state index contributed by atoms with van der Waals surface area (Å²) in [6, 6.07) is 14.9. The molecule has 0 bridgehead atoms. The van der Waals surface area contributed by atoms with Crippen LogP contribution in [0.3, 0.4) is 0 Å². The van der Waals surface area contributed by atoms with Crippen molar-refractivity contribution in [2.75, 3.05) is 6.61 Å². The average Bonchev–Trinajstić information content (AvgIpc) is 2.54. The summed E-state index contributed by atoms with van der Waals surface area (Å²) in [6.07, 6.45) is 0.0930. The largest absolute Gasteiger partial charge is 0.490 e. The summed E-state index contributed by atoms with van der Waals surface area (Å²) in [7, 11) is 0. The summed E-state index contributed by atoms with van der Waals surface area (Å²) in [5.41, 5.74) is 13.0. The Labute approximate surface area is 136 Å². The Morgan fingerprint density at radius 3 is 2.48 bits per heavy atom. The Kier molecular flexibility index (Phi) is 6.00. The Hall–Kier alpha value is -2.53. The molecular formula is C18H22N2O3. The zero-order valence-corrected chi connectivity index (χ0v) is 13.2. The van der Waals surface area contributed by atoms with E-state index in [1.165, 1.54) is 0 Å². The van der Waals surface area contributed by atoms with Crippen LogP contribution in [0.2, 0.25) is 0 Å². The van der Waals surface area contributed by atoms with Crippen LogP contribution >= 0.6 is 0 Å². The molecule has 23 heavy (non-hydrogen) atoms. The van der Waals surface area contributed by atoms with Crippen LogP contribution in [-0.4, -0.2) is 12.5 Å². The van der Waals surface area contributed by atoms with Crippen LogP contribution in [0.5, 0.6) is 11.5 Å². The Morgan fingerprint density at radius 2 is 1.83 bits per heavy atom. The number of nitrogens with two attached hydrogens (primary N) is 2. The highest BCUT2D eigenvalue weighted by atomic mass is 16.5. The first-order chi connectivity index (χ1) is 11.1. The van der Waals surface area contributed by atoms with Gasteiger partial charge in [-0.3, -0.25) is 4.79 Å². The fourth-order valence-corrected chi connectivity index (χ4v) is 2.21. The van der Waals surface area contributed by atoms with Gasteiger partial charge in [-0.2, -0.15) is 0 Å². The minimum absolute atomic E-state index is 0.0930. The van der Waals surface area contributed by atoms with Gasteiger partial charge in [0.25, 0.3) is 0 Å². The lowest BCUT2D eigenvalue weighted by molar-refractivity contribution is -0.118. The fraction of sp³-hybridized carbons (Fsp3) is 0.278. The van der Waals surface area contributed by atoms with Gasteiger partial charge in [0.2, 0.25) is 5.91 Å². The number of carbonyl (C=O) groups is 1. The van der Waals surface area contributed by atoms with Crippen LogP contribution in [0.1, 0.15) is 30.5 Å². The van der Waals surface area contributed by atoms with Gasteiger partial charge >= 0.3 is 0 Å². The molecule has 1 amide bonds. The summed E-state index contributed by atoms with van der Waals surface area (Å²) >= 11 is 0. The summed E-state index contributed by atoms with van der Waals surface area (Å²) in [6.45, 7) is 2.86. The van der Waals surface area contributed by atoms with Crippen molar-refractivity contribution in [2.45, 2.75) is 26.0 Å². The van der Waals surface area contributed by atoms with E-state index in [4.69, 9.17) is 20.9 Å². The summed E-state index contributed by atoms with van der Waals surface area (Å²) in [4.78, 5) is 11.0. The highest BCUT2D eigenvalue weighted by Gasteiger charge is 2.13. The highest BCUT2D eigenvalue weighted by Crippen LogP contribution is 2.31. The SMILES string of the molecule is CCOc1cc(C(N)CC(N)=O)ccc1OCc1ccccc1. The molecule has 2 rings (SSSR count). The molecule has 0 aliphatic rings. The van der Waals surface area contributed by atoms with Gasteiger partial charge in [-0.15, -0.1) is 0 Å². The number of rotatable bonds is 8. The van der Waals surface area contributed by atoms with Crippen LogP contribution in [0.15, 0.2) is 48.5 Å². The molecule has 0 radical (unpaired) electrons. The molecule has 4 N–H and O–H groups in total. The van der Waals surface area contributed by atoms with Crippen LogP contribution in [0.4, 0.5) is 0 Å². The van der Waals surface area contributed by atoms with Crippen LogP contribution < -0.4 is 20.9 Å². The van der Waals surface area contributed by atoms with Crippen molar-refractivity contribution in [1.82, 2.24) is 0 Å². The molecule has 0 saturated heterocycles. The number of primary amides is 1. The Morgan fingerprint density at radius 1 is 1.09 bits per heavy atom. The summed E-state index contributed by atoms with van der Waals surface area (Å²) in [5.74, 6) is 0.825. The zero-order chi connectivity index (χ0) is 16.7. The third-order valence-corrected chi connectivity index (χ3v) is 3.35. The van der Waals surface area contributed by atoms with Crippen molar-refractivity contribution in [3.8, 4) is 11.5 Å². The lowest BCUT2D eigenvalue weighted by Gasteiger charge is -2.16. The maximum Gasteiger partial charge on any atom is 0.219 e. The standard InChI is InChI=1S/C18H22N2O3/c1-2-22-17-10-14(15(19)11-18(20)21)8-9-16(17)23-12-13-6-4-3-5-7-13/h3-10,15H,2,11-12,19H2,1H3,(H2,20,21). The van der Waals surface area contributed by atoms with E-state index in [0.717, 1.165) is 11.1 Å². The molecule has 0 spiro atoms. The molecule has 0 aliphatic carbocycles. The number of ether oxygens (including phenoxy) is 2. The van der Waals surface area contributed by atoms with E-state index in [2.05, 4.69) is 0 Å². The first-order valence-electron chi connectivity index (χ1n) is 7.57. The zero-order valence-electron chi connectivity index (χ0n) is 13.2. The second kappa shape index (κ2) is 8.19. The third-order valence-electron chi connectivity index (χ3n) is 3.35. The Bertz CT molecular complexity index is 644. The number of amides is 1. The van der Waals surface area contributed by atoms with Crippen LogP contribution in [-0.2, 0) is 11.4 Å². The maximum absolute atomic E-state index is 11.0. The predicted octanol–water partition coefficient (Wildman–Crippen LogP) is 2.54. The molecule has 122 valence electrons. The smallest absolute Gasteiger partial charge is 0.219 e. The van der Waals surface area contributed by atoms with Gasteiger partial charge < -0.3 is 20.9 Å². The Balaban J connectivity index is 2.14. The summed E-state index contributed by atoms with van der Waals surface area (Å²) < 4.78 is 11.5. The molecular weight excluding hydrogens is 292 g/mol. The molecule has 0 heterocycles. The van der Waals surface area contributed by atoms with Gasteiger partial charge in [-0.05, 0) is 30.2 Å². The van der Waals surface area contributed by atoms with E-state index in [1.807, 2.05) is 49.4 Å². The van der Waals surface area contributed by atoms with Gasteiger partial charge in [0.15, 0.2) is 11.5 Å². The predicted molar refractivity (Wildman–Crippen MR) is 89.1 cm³/mol. The van der Waals surface area contributed by atoms with E-state index >= 15 is 0 Å². The van der Waals surface area contributed by atoms with Crippen molar-refractivity contribution in [3.05, 3.63) is 59.7 Å². The molecule has 0 saturated carbocycles. The van der Waals surface area contributed by atoms with E-state index in [-0.39, 0.29) is 6.42 Å².